The van der Waals surface area contributed by atoms with E-state index in [0.717, 1.165) is 35.8 Å². The quantitative estimate of drug-likeness (QED) is 0.747. The second-order valence-corrected chi connectivity index (χ2v) is 6.25. The number of hydrogen-bond acceptors (Lipinski definition) is 5. The Balaban J connectivity index is 1.24. The molecule has 6 nitrogen and oxygen atoms in total. The molecule has 1 aromatic rings. The number of nitrogens with one attached hydrogen (secondary N) is 3. The van der Waals surface area contributed by atoms with Crippen molar-refractivity contribution in [3.8, 4) is 11.5 Å². The lowest BCUT2D eigenvalue weighted by molar-refractivity contribution is -0.122. The minimum Gasteiger partial charge on any atom is -0.454 e. The topological polar surface area (TPSA) is 71.6 Å². The fraction of sp³-hybridized carbons (Fsp3) is 0.562. The van der Waals surface area contributed by atoms with Crippen LogP contribution in [-0.2, 0) is 11.2 Å². The standard InChI is InChI=1S/C16H21N3O3/c20-16(13-8-12(18-19-13)11-2-3-11)17-6-5-10-1-4-14-15(7-10)22-9-21-14/h1,4,7,11-13,18-19H,2-3,5-6,8-9H2,(H,17,20). The maximum absolute atomic E-state index is 12.2. The molecule has 1 saturated heterocycles. The van der Waals surface area contributed by atoms with Crippen LogP contribution in [0.15, 0.2) is 18.2 Å². The Labute approximate surface area is 129 Å². The highest BCUT2D eigenvalue weighted by Crippen LogP contribution is 2.35. The fourth-order valence-corrected chi connectivity index (χ4v) is 3.11. The van der Waals surface area contributed by atoms with Crippen LogP contribution < -0.4 is 25.6 Å². The average molecular weight is 303 g/mol. The monoisotopic (exact) mass is 303 g/mol. The molecule has 0 bridgehead atoms. The SMILES string of the molecule is O=C(NCCc1ccc2c(c1)OCO2)C1CC(C2CC2)NN1. The molecule has 118 valence electrons. The lowest BCUT2D eigenvalue weighted by Crippen LogP contribution is -2.44. The Morgan fingerprint density at radius 1 is 1.23 bits per heavy atom. The first-order valence-electron chi connectivity index (χ1n) is 7.97. The van der Waals surface area contributed by atoms with Crippen molar-refractivity contribution < 1.29 is 14.3 Å². The molecule has 4 rings (SSSR count). The lowest BCUT2D eigenvalue weighted by atomic mass is 10.1. The first-order chi connectivity index (χ1) is 10.8. The highest BCUT2D eigenvalue weighted by molar-refractivity contribution is 5.82. The zero-order valence-electron chi connectivity index (χ0n) is 12.4. The molecule has 1 saturated carbocycles. The third-order valence-corrected chi connectivity index (χ3v) is 4.59. The van der Waals surface area contributed by atoms with E-state index in [9.17, 15) is 4.79 Å². The minimum absolute atomic E-state index is 0.0800. The summed E-state index contributed by atoms with van der Waals surface area (Å²) in [4.78, 5) is 12.2. The van der Waals surface area contributed by atoms with Gasteiger partial charge in [0.25, 0.3) is 0 Å². The second kappa shape index (κ2) is 5.78. The van der Waals surface area contributed by atoms with E-state index in [1.807, 2.05) is 18.2 Å². The van der Waals surface area contributed by atoms with Crippen LogP contribution >= 0.6 is 0 Å². The highest BCUT2D eigenvalue weighted by atomic mass is 16.7. The molecular weight excluding hydrogens is 282 g/mol. The number of benzene rings is 1. The molecule has 1 aliphatic carbocycles. The Morgan fingerprint density at radius 3 is 2.95 bits per heavy atom. The van der Waals surface area contributed by atoms with E-state index in [0.29, 0.717) is 12.6 Å². The molecule has 0 spiro atoms. The van der Waals surface area contributed by atoms with Crippen LogP contribution in [0.4, 0.5) is 0 Å². The van der Waals surface area contributed by atoms with E-state index >= 15 is 0 Å². The molecule has 3 aliphatic rings. The van der Waals surface area contributed by atoms with Gasteiger partial charge < -0.3 is 14.8 Å². The second-order valence-electron chi connectivity index (χ2n) is 6.25. The van der Waals surface area contributed by atoms with Crippen LogP contribution in [0, 0.1) is 5.92 Å². The van der Waals surface area contributed by atoms with Crippen molar-refractivity contribution in [3.63, 3.8) is 0 Å². The number of carbonyl (C=O) groups is 1. The first kappa shape index (κ1) is 13.8. The van der Waals surface area contributed by atoms with Gasteiger partial charge in [-0.3, -0.25) is 10.2 Å². The van der Waals surface area contributed by atoms with E-state index in [1.165, 1.54) is 12.8 Å². The third kappa shape index (κ3) is 2.89. The summed E-state index contributed by atoms with van der Waals surface area (Å²) in [6, 6.07) is 6.26. The molecule has 2 atom stereocenters. The van der Waals surface area contributed by atoms with Crippen molar-refractivity contribution in [1.29, 1.82) is 0 Å². The Hall–Kier alpha value is -1.79. The Bertz CT molecular complexity index is 574. The molecule has 2 unspecified atom stereocenters. The van der Waals surface area contributed by atoms with Gasteiger partial charge in [0.1, 0.15) is 6.04 Å². The predicted octanol–water partition coefficient (Wildman–Crippen LogP) is 0.719. The van der Waals surface area contributed by atoms with E-state index in [-0.39, 0.29) is 18.7 Å². The smallest absolute Gasteiger partial charge is 0.238 e. The fourth-order valence-electron chi connectivity index (χ4n) is 3.11. The molecule has 2 fully saturated rings. The van der Waals surface area contributed by atoms with E-state index in [1.54, 1.807) is 0 Å². The van der Waals surface area contributed by atoms with E-state index in [4.69, 9.17) is 9.47 Å². The van der Waals surface area contributed by atoms with Crippen LogP contribution in [0.3, 0.4) is 0 Å². The molecular formula is C16H21N3O3. The van der Waals surface area contributed by atoms with Crippen molar-refractivity contribution in [1.82, 2.24) is 16.2 Å². The van der Waals surface area contributed by atoms with Gasteiger partial charge in [-0.2, -0.15) is 0 Å². The molecule has 0 radical (unpaired) electrons. The normalized spacial score (nSPS) is 26.2. The number of hydrazine groups is 1. The van der Waals surface area contributed by atoms with Crippen molar-refractivity contribution in [2.45, 2.75) is 37.8 Å². The minimum atomic E-state index is -0.109. The molecule has 2 aliphatic heterocycles. The summed E-state index contributed by atoms with van der Waals surface area (Å²) in [6.45, 7) is 0.919. The Kier molecular flexibility index (Phi) is 3.63. The van der Waals surface area contributed by atoms with Crippen molar-refractivity contribution in [2.75, 3.05) is 13.3 Å². The maximum Gasteiger partial charge on any atom is 0.238 e. The van der Waals surface area contributed by atoms with Crippen molar-refractivity contribution >= 4 is 5.91 Å². The van der Waals surface area contributed by atoms with Crippen LogP contribution in [0.5, 0.6) is 11.5 Å². The molecule has 1 aromatic carbocycles. The average Bonchev–Trinajstić information content (AvgIpc) is 3.08. The van der Waals surface area contributed by atoms with E-state index in [2.05, 4.69) is 16.2 Å². The van der Waals surface area contributed by atoms with Gasteiger partial charge >= 0.3 is 0 Å². The van der Waals surface area contributed by atoms with Gasteiger partial charge in [-0.25, -0.2) is 5.43 Å². The zero-order chi connectivity index (χ0) is 14.9. The van der Waals surface area contributed by atoms with Gasteiger partial charge in [-0.15, -0.1) is 0 Å². The van der Waals surface area contributed by atoms with Crippen LogP contribution in [-0.4, -0.2) is 31.3 Å². The summed E-state index contributed by atoms with van der Waals surface area (Å²) < 4.78 is 10.7. The van der Waals surface area contributed by atoms with Gasteiger partial charge in [0.15, 0.2) is 11.5 Å². The van der Waals surface area contributed by atoms with Crippen molar-refractivity contribution in [3.05, 3.63) is 23.8 Å². The molecule has 1 amide bonds. The summed E-state index contributed by atoms with van der Waals surface area (Å²) >= 11 is 0. The highest BCUT2D eigenvalue weighted by Gasteiger charge is 2.38. The lowest BCUT2D eigenvalue weighted by Gasteiger charge is -2.10. The maximum atomic E-state index is 12.2. The summed E-state index contributed by atoms with van der Waals surface area (Å²) in [5.74, 6) is 2.42. The number of ether oxygens (including phenoxy) is 2. The van der Waals surface area contributed by atoms with Gasteiger partial charge in [0, 0.05) is 12.6 Å². The number of fused-ring (bicyclic) bond motifs is 1. The largest absolute Gasteiger partial charge is 0.454 e. The van der Waals surface area contributed by atoms with Gasteiger partial charge in [-0.1, -0.05) is 6.07 Å². The predicted molar refractivity (Wildman–Crippen MR) is 80.5 cm³/mol. The number of hydrogen-bond donors (Lipinski definition) is 3. The Morgan fingerprint density at radius 2 is 2.09 bits per heavy atom. The number of amides is 1. The van der Waals surface area contributed by atoms with Gasteiger partial charge in [-0.05, 0) is 49.3 Å². The molecule has 0 aromatic heterocycles. The first-order valence-corrected chi connectivity index (χ1v) is 7.97. The van der Waals surface area contributed by atoms with Crippen LogP contribution in [0.2, 0.25) is 0 Å². The molecule has 3 N–H and O–H groups in total. The summed E-state index contributed by atoms with van der Waals surface area (Å²) in [7, 11) is 0. The van der Waals surface area contributed by atoms with Gasteiger partial charge in [0.05, 0.1) is 0 Å². The van der Waals surface area contributed by atoms with Crippen molar-refractivity contribution in [2.24, 2.45) is 5.92 Å². The summed E-state index contributed by atoms with van der Waals surface area (Å²) in [6.07, 6.45) is 4.25. The number of carbonyl (C=O) groups excluding carboxylic acids is 1. The third-order valence-electron chi connectivity index (χ3n) is 4.59. The summed E-state index contributed by atoms with van der Waals surface area (Å²) in [5, 5.41) is 3.01. The van der Waals surface area contributed by atoms with Crippen LogP contribution in [0.25, 0.3) is 0 Å². The number of rotatable bonds is 5. The van der Waals surface area contributed by atoms with Gasteiger partial charge in [0.2, 0.25) is 12.7 Å². The van der Waals surface area contributed by atoms with E-state index < -0.39 is 0 Å². The summed E-state index contributed by atoms with van der Waals surface area (Å²) in [5.41, 5.74) is 7.49. The molecule has 2 heterocycles. The molecule has 6 heteroatoms. The van der Waals surface area contributed by atoms with Crippen LogP contribution in [0.1, 0.15) is 24.8 Å². The zero-order valence-corrected chi connectivity index (χ0v) is 12.4. The molecule has 22 heavy (non-hydrogen) atoms.